The number of hydrogen-bond donors (Lipinski definition) is 0. The van der Waals surface area contributed by atoms with Gasteiger partial charge in [-0.3, -0.25) is 4.79 Å². The first-order valence-electron chi connectivity index (χ1n) is 11.8. The maximum absolute atomic E-state index is 13.9. The van der Waals surface area contributed by atoms with Crippen molar-refractivity contribution in [3.8, 4) is 0 Å². The minimum absolute atomic E-state index is 0. The molecule has 0 unspecified atom stereocenters. The molecule has 9 nitrogen and oxygen atoms in total. The minimum Gasteiger partial charge on any atom is -0.389 e. The van der Waals surface area contributed by atoms with Gasteiger partial charge in [-0.2, -0.15) is 0 Å². The number of anilines is 3. The van der Waals surface area contributed by atoms with Crippen molar-refractivity contribution in [2.45, 2.75) is 63.3 Å². The molecule has 5 rings (SSSR count). The van der Waals surface area contributed by atoms with E-state index in [0.717, 1.165) is 11.4 Å². The molecule has 3 aliphatic heterocycles. The summed E-state index contributed by atoms with van der Waals surface area (Å²) in [4.78, 5) is 32.2. The maximum atomic E-state index is 13.9. The quantitative estimate of drug-likeness (QED) is 0.419. The molecule has 0 aromatic carbocycles. The summed E-state index contributed by atoms with van der Waals surface area (Å²) in [6, 6.07) is 1.11. The molecule has 0 aliphatic carbocycles. The van der Waals surface area contributed by atoms with Crippen LogP contribution in [0.5, 0.6) is 0 Å². The third-order valence-electron chi connectivity index (χ3n) is 7.75. The molecular weight excluding hydrogens is 527 g/mol. The van der Waals surface area contributed by atoms with E-state index in [1.807, 2.05) is 18.7 Å². The van der Waals surface area contributed by atoms with Gasteiger partial charge in [0.15, 0.2) is 9.84 Å². The van der Waals surface area contributed by atoms with E-state index >= 15 is 0 Å². The predicted octanol–water partition coefficient (Wildman–Crippen LogP) is 2.24. The first-order valence-corrected chi connectivity index (χ1v) is 13.5. The molecule has 5 heterocycles. The van der Waals surface area contributed by atoms with E-state index in [1.165, 1.54) is 12.4 Å². The van der Waals surface area contributed by atoms with Gasteiger partial charge >= 0.3 is 0 Å². The summed E-state index contributed by atoms with van der Waals surface area (Å²) in [7, 11) is -3.40. The summed E-state index contributed by atoms with van der Waals surface area (Å²) in [6.45, 7) is 11.2. The minimum atomic E-state index is -3.40. The van der Waals surface area contributed by atoms with Crippen LogP contribution in [0.1, 0.15) is 46.6 Å². The summed E-state index contributed by atoms with van der Waals surface area (Å²) in [5.74, 6) is 0.716. The van der Waals surface area contributed by atoms with Gasteiger partial charge in [0.05, 0.1) is 5.75 Å². The molecule has 2 fully saturated rings. The Kier molecular flexibility index (Phi) is 6.63. The number of sulfone groups is 1. The Balaban J connectivity index is 0.00000304. The molecule has 36 heavy (non-hydrogen) atoms. The van der Waals surface area contributed by atoms with Crippen LogP contribution in [0.2, 0.25) is 0 Å². The van der Waals surface area contributed by atoms with E-state index in [0.29, 0.717) is 37.6 Å². The predicted molar refractivity (Wildman–Crippen MR) is 130 cm³/mol. The van der Waals surface area contributed by atoms with Crippen LogP contribution < -0.4 is 9.80 Å². The molecule has 0 N–H and O–H groups in total. The van der Waals surface area contributed by atoms with Crippen LogP contribution in [-0.2, 0) is 37.1 Å². The molecule has 3 atom stereocenters. The summed E-state index contributed by atoms with van der Waals surface area (Å²) in [6.07, 6.45) is 5.75. The van der Waals surface area contributed by atoms with Crippen molar-refractivity contribution in [1.29, 1.82) is 0 Å². The van der Waals surface area contributed by atoms with Crippen molar-refractivity contribution < 1.29 is 34.7 Å². The van der Waals surface area contributed by atoms with E-state index in [9.17, 15) is 17.6 Å². The number of carbonyl (C=O) groups is 1. The number of hydrogen-bond acceptors (Lipinski definition) is 8. The number of fused-ring (bicyclic) bond motifs is 1. The van der Waals surface area contributed by atoms with Crippen molar-refractivity contribution in [3.05, 3.63) is 36.2 Å². The Morgan fingerprint density at radius 3 is 2.44 bits per heavy atom. The third kappa shape index (κ3) is 3.97. The zero-order valence-corrected chi connectivity index (χ0v) is 22.9. The van der Waals surface area contributed by atoms with Gasteiger partial charge in [0, 0.05) is 65.6 Å². The van der Waals surface area contributed by atoms with Crippen LogP contribution in [0.25, 0.3) is 0 Å². The Bertz CT molecular complexity index is 1310. The van der Waals surface area contributed by atoms with Crippen LogP contribution in [0.4, 0.5) is 21.7 Å². The number of carbonyl (C=O) groups excluding carboxylic acids is 1. The number of pyridine rings is 1. The average Bonchev–Trinajstić information content (AvgIpc) is 3.09. The van der Waals surface area contributed by atoms with Crippen LogP contribution in [-0.4, -0.2) is 76.4 Å². The fraction of sp³-hybridized carbons (Fsp3) is 0.583. The Morgan fingerprint density at radius 1 is 1.14 bits per heavy atom. The van der Waals surface area contributed by atoms with E-state index in [-0.39, 0.29) is 46.2 Å². The second kappa shape index (κ2) is 8.92. The van der Waals surface area contributed by atoms with Crippen LogP contribution in [0, 0.1) is 12.0 Å². The second-order valence-electron chi connectivity index (χ2n) is 10.8. The molecule has 3 aliphatic rings. The average molecular weight is 557 g/mol. The summed E-state index contributed by atoms with van der Waals surface area (Å²) < 4.78 is 37.3. The Hall–Kier alpha value is -2.30. The molecule has 2 saturated heterocycles. The van der Waals surface area contributed by atoms with E-state index in [1.54, 1.807) is 18.0 Å². The summed E-state index contributed by atoms with van der Waals surface area (Å²) in [5, 5.41) is 0. The number of amides is 1. The monoisotopic (exact) mass is 557 g/mol. The van der Waals surface area contributed by atoms with E-state index in [2.05, 4.69) is 39.9 Å². The van der Waals surface area contributed by atoms with Gasteiger partial charge in [-0.1, -0.05) is 20.0 Å². The van der Waals surface area contributed by atoms with Gasteiger partial charge in [-0.15, -0.1) is 6.07 Å². The number of rotatable bonds is 3. The van der Waals surface area contributed by atoms with Crippen LogP contribution in [0.3, 0.4) is 0 Å². The molecule has 0 radical (unpaired) electrons. The van der Waals surface area contributed by atoms with Crippen molar-refractivity contribution in [1.82, 2.24) is 19.9 Å². The van der Waals surface area contributed by atoms with E-state index in [4.69, 9.17) is 0 Å². The van der Waals surface area contributed by atoms with Crippen molar-refractivity contribution in [2.24, 2.45) is 0 Å². The SMILES string of the molecule is C[C@@H]1CN(c2ncnc3c2C(C)(C)CN3c2cn[c-]c(F)c2)[C@@H](C)CN1C(=O)[C@]1(C)CCS1(=O)=O.[Fe]. The Morgan fingerprint density at radius 2 is 1.83 bits per heavy atom. The fourth-order valence-electron chi connectivity index (χ4n) is 5.49. The molecule has 196 valence electrons. The molecule has 2 aromatic rings. The molecule has 0 bridgehead atoms. The number of halogens is 1. The maximum Gasteiger partial charge on any atom is 0.244 e. The third-order valence-corrected chi connectivity index (χ3v) is 10.2. The number of aromatic nitrogens is 3. The molecule has 0 saturated carbocycles. The largest absolute Gasteiger partial charge is 0.389 e. The van der Waals surface area contributed by atoms with Gasteiger partial charge in [-0.05, 0) is 39.1 Å². The molecule has 0 spiro atoms. The van der Waals surface area contributed by atoms with Gasteiger partial charge in [0.1, 0.15) is 22.7 Å². The first kappa shape index (κ1) is 26.8. The normalized spacial score (nSPS) is 28.2. The van der Waals surface area contributed by atoms with Crippen LogP contribution >= 0.6 is 0 Å². The van der Waals surface area contributed by atoms with Gasteiger partial charge < -0.3 is 19.7 Å². The zero-order chi connectivity index (χ0) is 25.3. The molecular formula is C24H30FFeN6O3S-. The van der Waals surface area contributed by atoms with Crippen molar-refractivity contribution >= 4 is 33.1 Å². The smallest absolute Gasteiger partial charge is 0.244 e. The Labute approximate surface area is 221 Å². The summed E-state index contributed by atoms with van der Waals surface area (Å²) >= 11 is 0. The number of piperazine rings is 1. The van der Waals surface area contributed by atoms with Gasteiger partial charge in [0.2, 0.25) is 5.91 Å². The van der Waals surface area contributed by atoms with Gasteiger partial charge in [0.25, 0.3) is 0 Å². The van der Waals surface area contributed by atoms with Gasteiger partial charge in [-0.25, -0.2) is 22.8 Å². The van der Waals surface area contributed by atoms with Crippen LogP contribution in [0.15, 0.2) is 18.6 Å². The topological polar surface area (TPSA) is 99.6 Å². The molecule has 12 heteroatoms. The molecule has 1 amide bonds. The zero-order valence-electron chi connectivity index (χ0n) is 21.0. The first-order chi connectivity index (χ1) is 16.4. The molecule has 2 aromatic heterocycles. The van der Waals surface area contributed by atoms with E-state index < -0.39 is 20.4 Å². The van der Waals surface area contributed by atoms with Crippen molar-refractivity contribution in [3.63, 3.8) is 0 Å². The van der Waals surface area contributed by atoms with Crippen molar-refractivity contribution in [2.75, 3.05) is 35.2 Å². The standard InChI is InChI=1S/C24H30FN6O3S.Fe/c1-15-12-30(22(32)24(5)6-7-35(24,33)34)16(2)11-29(15)20-19-21(28-14-27-20)31(13-23(19,3)4)18-8-17(25)9-26-10-18;/h8,10,14-16H,6-7,11-13H2,1-5H3;/q-1;/t15-,16+,24-;/m0./s1. The summed E-state index contributed by atoms with van der Waals surface area (Å²) in [5.41, 5.74) is 1.23. The second-order valence-corrected chi connectivity index (χ2v) is 13.3. The fourth-order valence-corrected chi connectivity index (χ4v) is 7.02. The number of nitrogens with zero attached hydrogens (tertiary/aromatic N) is 6.